The number of amides is 2. The number of halogens is 2. The molecule has 3 aromatic rings. The van der Waals surface area contributed by atoms with Crippen LogP contribution in [-0.2, 0) is 15.4 Å². The summed E-state index contributed by atoms with van der Waals surface area (Å²) < 4.78 is 39.7. The molecule has 0 radical (unpaired) electrons. The van der Waals surface area contributed by atoms with Crippen LogP contribution >= 0.6 is 0 Å². The quantitative estimate of drug-likeness (QED) is 0.639. The molecule has 1 aliphatic heterocycles. The van der Waals surface area contributed by atoms with Gasteiger partial charge in [0, 0.05) is 19.3 Å². The average Bonchev–Trinajstić information content (AvgIpc) is 3.16. The maximum Gasteiger partial charge on any atom is 0.287 e. The van der Waals surface area contributed by atoms with Gasteiger partial charge in [0.25, 0.3) is 17.7 Å². The SMILES string of the molecule is CC(F)(F)c1cccc(C(=O)Nc2cn3cc(C4COCCO4)nc3cc2C(N)=O)n1. The summed E-state index contributed by atoms with van der Waals surface area (Å²) in [6, 6.07) is 5.15. The molecule has 1 unspecified atom stereocenters. The Morgan fingerprint density at radius 3 is 2.74 bits per heavy atom. The van der Waals surface area contributed by atoms with E-state index in [0.717, 1.165) is 6.07 Å². The van der Waals surface area contributed by atoms with Gasteiger partial charge in [-0.2, -0.15) is 8.78 Å². The lowest BCUT2D eigenvalue weighted by Crippen LogP contribution is -2.22. The number of imidazole rings is 1. The van der Waals surface area contributed by atoms with Crippen molar-refractivity contribution in [1.82, 2.24) is 14.4 Å². The molecule has 1 atom stereocenters. The number of rotatable bonds is 5. The number of ether oxygens (including phenoxy) is 2. The van der Waals surface area contributed by atoms with Crippen LogP contribution < -0.4 is 11.1 Å². The van der Waals surface area contributed by atoms with Gasteiger partial charge in [-0.25, -0.2) is 9.97 Å². The molecule has 4 heterocycles. The Balaban J connectivity index is 1.66. The Labute approximate surface area is 175 Å². The first kappa shape index (κ1) is 20.8. The molecule has 2 amide bonds. The van der Waals surface area contributed by atoms with Gasteiger partial charge in [0.15, 0.2) is 0 Å². The van der Waals surface area contributed by atoms with Gasteiger partial charge < -0.3 is 24.9 Å². The monoisotopic (exact) mass is 431 g/mol. The molecule has 162 valence electrons. The van der Waals surface area contributed by atoms with E-state index in [1.807, 2.05) is 0 Å². The predicted octanol–water partition coefficient (Wildman–Crippen LogP) is 2.28. The molecule has 1 aliphatic rings. The van der Waals surface area contributed by atoms with Gasteiger partial charge in [0.2, 0.25) is 0 Å². The second-order valence-electron chi connectivity index (χ2n) is 7.08. The highest BCUT2D eigenvalue weighted by Gasteiger charge is 2.27. The van der Waals surface area contributed by atoms with Gasteiger partial charge in [-0.1, -0.05) is 6.07 Å². The molecule has 11 heteroatoms. The number of primary amides is 1. The van der Waals surface area contributed by atoms with Gasteiger partial charge >= 0.3 is 0 Å². The third-order valence-electron chi connectivity index (χ3n) is 4.70. The number of pyridine rings is 2. The predicted molar refractivity (Wildman–Crippen MR) is 105 cm³/mol. The van der Waals surface area contributed by atoms with Gasteiger partial charge in [-0.05, 0) is 18.2 Å². The molecule has 0 spiro atoms. The summed E-state index contributed by atoms with van der Waals surface area (Å²) in [7, 11) is 0. The first-order chi connectivity index (χ1) is 14.7. The smallest absolute Gasteiger partial charge is 0.287 e. The van der Waals surface area contributed by atoms with Crippen molar-refractivity contribution in [1.29, 1.82) is 0 Å². The number of hydrogen-bond acceptors (Lipinski definition) is 6. The molecule has 0 bridgehead atoms. The average molecular weight is 431 g/mol. The van der Waals surface area contributed by atoms with E-state index < -0.39 is 23.4 Å². The molecule has 1 saturated heterocycles. The van der Waals surface area contributed by atoms with Crippen LogP contribution in [0.1, 0.15) is 45.3 Å². The van der Waals surface area contributed by atoms with Crippen LogP contribution in [0.5, 0.6) is 0 Å². The zero-order chi connectivity index (χ0) is 22.2. The second kappa shape index (κ2) is 8.00. The van der Waals surface area contributed by atoms with Crippen molar-refractivity contribution in [3.63, 3.8) is 0 Å². The lowest BCUT2D eigenvalue weighted by molar-refractivity contribution is -0.0916. The molecular formula is C20H19F2N5O4. The van der Waals surface area contributed by atoms with Crippen LogP contribution in [0.3, 0.4) is 0 Å². The van der Waals surface area contributed by atoms with Gasteiger partial charge in [-0.3, -0.25) is 9.59 Å². The van der Waals surface area contributed by atoms with Crippen LogP contribution in [0.4, 0.5) is 14.5 Å². The van der Waals surface area contributed by atoms with E-state index in [4.69, 9.17) is 15.2 Å². The molecule has 0 saturated carbocycles. The number of aromatic nitrogens is 3. The fourth-order valence-corrected chi connectivity index (χ4v) is 3.16. The number of anilines is 1. The van der Waals surface area contributed by atoms with E-state index in [-0.39, 0.29) is 23.0 Å². The fourth-order valence-electron chi connectivity index (χ4n) is 3.16. The summed E-state index contributed by atoms with van der Waals surface area (Å²) in [5, 5.41) is 2.52. The molecule has 3 N–H and O–H groups in total. The molecular weight excluding hydrogens is 412 g/mol. The van der Waals surface area contributed by atoms with Crippen molar-refractivity contribution >= 4 is 23.1 Å². The van der Waals surface area contributed by atoms with Crippen LogP contribution in [0.25, 0.3) is 5.65 Å². The van der Waals surface area contributed by atoms with Crippen LogP contribution in [0.15, 0.2) is 36.7 Å². The summed E-state index contributed by atoms with van der Waals surface area (Å²) >= 11 is 0. The molecule has 0 aromatic carbocycles. The Hall–Kier alpha value is -3.44. The van der Waals surface area contributed by atoms with Crippen molar-refractivity contribution in [2.75, 3.05) is 25.1 Å². The van der Waals surface area contributed by atoms with E-state index in [2.05, 4.69) is 15.3 Å². The van der Waals surface area contributed by atoms with Gasteiger partial charge in [0.1, 0.15) is 23.1 Å². The highest BCUT2D eigenvalue weighted by molar-refractivity contribution is 6.08. The maximum atomic E-state index is 13.5. The number of carbonyl (C=O) groups excluding carboxylic acids is 2. The van der Waals surface area contributed by atoms with Gasteiger partial charge in [-0.15, -0.1) is 0 Å². The van der Waals surface area contributed by atoms with Crippen molar-refractivity contribution in [3.05, 3.63) is 59.3 Å². The maximum absolute atomic E-state index is 13.5. The van der Waals surface area contributed by atoms with E-state index in [9.17, 15) is 18.4 Å². The zero-order valence-corrected chi connectivity index (χ0v) is 16.5. The molecule has 3 aromatic heterocycles. The minimum Gasteiger partial charge on any atom is -0.376 e. The van der Waals surface area contributed by atoms with Crippen molar-refractivity contribution in [2.24, 2.45) is 5.73 Å². The summed E-state index contributed by atoms with van der Waals surface area (Å²) in [5.41, 5.74) is 5.81. The number of nitrogens with zero attached hydrogens (tertiary/aromatic N) is 3. The van der Waals surface area contributed by atoms with E-state index in [1.54, 1.807) is 10.6 Å². The largest absolute Gasteiger partial charge is 0.376 e. The molecule has 1 fully saturated rings. The summed E-state index contributed by atoms with van der Waals surface area (Å²) in [6.45, 7) is 1.98. The number of nitrogens with one attached hydrogen (secondary N) is 1. The van der Waals surface area contributed by atoms with Gasteiger partial charge in [0.05, 0.1) is 36.8 Å². The Morgan fingerprint density at radius 2 is 2.06 bits per heavy atom. The minimum absolute atomic E-state index is 0.00999. The lowest BCUT2D eigenvalue weighted by Gasteiger charge is -2.20. The summed E-state index contributed by atoms with van der Waals surface area (Å²) in [5.74, 6) is -4.76. The zero-order valence-electron chi connectivity index (χ0n) is 16.5. The summed E-state index contributed by atoms with van der Waals surface area (Å²) in [6.07, 6.45) is 2.79. The third-order valence-corrected chi connectivity index (χ3v) is 4.70. The molecule has 0 aliphatic carbocycles. The van der Waals surface area contributed by atoms with Crippen LogP contribution in [0.2, 0.25) is 0 Å². The second-order valence-corrected chi connectivity index (χ2v) is 7.08. The van der Waals surface area contributed by atoms with Crippen LogP contribution in [-0.4, -0.2) is 46.0 Å². The van der Waals surface area contributed by atoms with Crippen molar-refractivity contribution in [3.8, 4) is 0 Å². The van der Waals surface area contributed by atoms with E-state index in [1.165, 1.54) is 24.4 Å². The number of fused-ring (bicyclic) bond motifs is 1. The number of nitrogens with two attached hydrogens (primary N) is 1. The number of alkyl halides is 2. The molecule has 4 rings (SSSR count). The third kappa shape index (κ3) is 4.37. The summed E-state index contributed by atoms with van der Waals surface area (Å²) in [4.78, 5) is 32.7. The highest BCUT2D eigenvalue weighted by Crippen LogP contribution is 2.26. The van der Waals surface area contributed by atoms with Crippen molar-refractivity contribution < 1.29 is 27.8 Å². The van der Waals surface area contributed by atoms with Crippen molar-refractivity contribution in [2.45, 2.75) is 19.0 Å². The first-order valence-electron chi connectivity index (χ1n) is 9.41. The van der Waals surface area contributed by atoms with Crippen LogP contribution in [0, 0.1) is 0 Å². The molecule has 9 nitrogen and oxygen atoms in total. The topological polar surface area (TPSA) is 121 Å². The normalized spacial score (nSPS) is 16.9. The highest BCUT2D eigenvalue weighted by atomic mass is 19.3. The lowest BCUT2D eigenvalue weighted by atomic mass is 10.2. The Morgan fingerprint density at radius 1 is 1.26 bits per heavy atom. The molecule has 31 heavy (non-hydrogen) atoms. The fraction of sp³-hybridized carbons (Fsp3) is 0.300. The standard InChI is InChI=1S/C20H19F2N5O4/c1-20(21,22)16-4-2-3-12(24-16)19(29)26-13-8-27-9-14(15-10-30-5-6-31-15)25-17(27)7-11(13)18(23)28/h2-4,7-9,15H,5-6,10H2,1H3,(H2,23,28)(H,26,29). The van der Waals surface area contributed by atoms with E-state index in [0.29, 0.717) is 38.1 Å². The Bertz CT molecular complexity index is 1150. The number of carbonyl (C=O) groups is 2. The minimum atomic E-state index is -3.20. The van der Waals surface area contributed by atoms with E-state index >= 15 is 0 Å². The first-order valence-corrected chi connectivity index (χ1v) is 9.41. The Kier molecular flexibility index (Phi) is 5.38. The number of hydrogen-bond donors (Lipinski definition) is 2.